The third-order valence-electron chi connectivity index (χ3n) is 1.42. The Morgan fingerprint density at radius 1 is 1.33 bits per heavy atom. The van der Waals surface area contributed by atoms with Gasteiger partial charge in [0.25, 0.3) is 0 Å². The third-order valence-corrected chi connectivity index (χ3v) is 1.42. The van der Waals surface area contributed by atoms with Crippen LogP contribution in [0.3, 0.4) is 0 Å². The van der Waals surface area contributed by atoms with Crippen molar-refractivity contribution in [1.82, 2.24) is 0 Å². The molecule has 1 aromatic rings. The van der Waals surface area contributed by atoms with Crippen LogP contribution >= 0.6 is 0 Å². The topological polar surface area (TPSA) is 29.1 Å². The lowest BCUT2D eigenvalue weighted by atomic mass is 10.3. The Labute approximate surface area is 72.3 Å². The lowest BCUT2D eigenvalue weighted by Gasteiger charge is -2.09. The second kappa shape index (κ2) is 3.81. The number of ketones is 1. The highest BCUT2D eigenvalue weighted by Crippen LogP contribution is 2.09. The van der Waals surface area contributed by atoms with E-state index < -0.39 is 0 Å². The van der Waals surface area contributed by atoms with Crippen molar-refractivity contribution in [1.29, 1.82) is 0 Å². The minimum Gasteiger partial charge on any atom is -0.437 e. The van der Waals surface area contributed by atoms with E-state index in [0.29, 0.717) is 0 Å². The molecular weight excluding hydrogens is 150 g/mol. The van der Waals surface area contributed by atoms with E-state index in [-0.39, 0.29) is 5.78 Å². The summed E-state index contributed by atoms with van der Waals surface area (Å²) in [6.07, 6.45) is 1.58. The summed E-state index contributed by atoms with van der Waals surface area (Å²) in [6, 6.07) is 7.81. The molecule has 0 aliphatic heterocycles. The van der Waals surface area contributed by atoms with Gasteiger partial charge in [-0.25, -0.2) is 0 Å². The Balaban J connectivity index is 2.58. The Kier molecular flexibility index (Phi) is 2.75. The van der Waals surface area contributed by atoms with Gasteiger partial charge in [0.1, 0.15) is 5.78 Å². The summed E-state index contributed by atoms with van der Waals surface area (Å²) >= 11 is 0. The van der Waals surface area contributed by atoms with E-state index in [1.807, 2.05) is 31.2 Å². The van der Waals surface area contributed by atoms with Gasteiger partial charge in [-0.2, -0.15) is 12.1 Å². The van der Waals surface area contributed by atoms with Crippen LogP contribution in [0.4, 0.5) is 5.69 Å². The van der Waals surface area contributed by atoms with Crippen molar-refractivity contribution in [2.24, 2.45) is 0 Å². The molecule has 0 heterocycles. The monoisotopic (exact) mass is 162 g/mol. The van der Waals surface area contributed by atoms with Crippen molar-refractivity contribution in [3.8, 4) is 0 Å². The average molecular weight is 162 g/mol. The molecule has 0 spiro atoms. The van der Waals surface area contributed by atoms with Crippen LogP contribution in [0.2, 0.25) is 0 Å². The number of rotatable bonds is 3. The summed E-state index contributed by atoms with van der Waals surface area (Å²) in [5, 5.41) is 3.09. The van der Waals surface area contributed by atoms with Crippen molar-refractivity contribution in [2.75, 3.05) is 5.32 Å². The minimum absolute atomic E-state index is 0.0616. The molecule has 0 aromatic heterocycles. The first-order chi connectivity index (χ1) is 5.68. The van der Waals surface area contributed by atoms with E-state index >= 15 is 0 Å². The summed E-state index contributed by atoms with van der Waals surface area (Å²) in [5.41, 5.74) is 1.89. The van der Waals surface area contributed by atoms with E-state index in [0.717, 1.165) is 11.4 Å². The molecule has 2 nitrogen and oxygen atoms in total. The molecule has 0 bridgehead atoms. The van der Waals surface area contributed by atoms with E-state index in [4.69, 9.17) is 0 Å². The standard InChI is InChI=1S/C10H12NO/c1-8(7-9(2)12)11-10-5-3-4-6-10/h3-7,11H,1-2H3/q-1. The van der Waals surface area contributed by atoms with E-state index in [1.165, 1.54) is 6.92 Å². The second-order valence-electron chi connectivity index (χ2n) is 2.74. The van der Waals surface area contributed by atoms with Crippen LogP contribution in [0.5, 0.6) is 0 Å². The quantitative estimate of drug-likeness (QED) is 0.546. The Bertz CT molecular complexity index is 283. The molecule has 12 heavy (non-hydrogen) atoms. The highest BCUT2D eigenvalue weighted by atomic mass is 16.1. The Morgan fingerprint density at radius 2 is 1.92 bits per heavy atom. The maximum atomic E-state index is 10.7. The smallest absolute Gasteiger partial charge is 0.145 e. The lowest BCUT2D eigenvalue weighted by Crippen LogP contribution is -1.96. The van der Waals surface area contributed by atoms with Gasteiger partial charge in [-0.1, -0.05) is 18.3 Å². The van der Waals surface area contributed by atoms with Gasteiger partial charge in [0.15, 0.2) is 0 Å². The molecular formula is C10H12NO-. The minimum atomic E-state index is 0.0616. The van der Waals surface area contributed by atoms with Crippen LogP contribution in [-0.4, -0.2) is 5.78 Å². The summed E-state index contributed by atoms with van der Waals surface area (Å²) in [5.74, 6) is 0.0616. The molecule has 1 N–H and O–H groups in total. The third kappa shape index (κ3) is 2.66. The van der Waals surface area contributed by atoms with Crippen LogP contribution in [0.15, 0.2) is 36.0 Å². The molecule has 0 aliphatic rings. The fraction of sp³-hybridized carbons (Fsp3) is 0.200. The number of carbonyl (C=O) groups is 1. The SMILES string of the molecule is CC(=O)C=C(C)N[c-]1cccc1. The molecule has 0 aliphatic carbocycles. The fourth-order valence-electron chi connectivity index (χ4n) is 1.03. The molecule has 0 atom stereocenters. The van der Waals surface area contributed by atoms with Crippen molar-refractivity contribution >= 4 is 11.5 Å². The molecule has 0 unspecified atom stereocenters. The fourth-order valence-corrected chi connectivity index (χ4v) is 1.03. The van der Waals surface area contributed by atoms with Crippen molar-refractivity contribution < 1.29 is 4.79 Å². The molecule has 1 aromatic carbocycles. The zero-order valence-electron chi connectivity index (χ0n) is 7.29. The van der Waals surface area contributed by atoms with Crippen LogP contribution in [0, 0.1) is 0 Å². The van der Waals surface area contributed by atoms with Gasteiger partial charge in [-0.15, -0.1) is 12.1 Å². The van der Waals surface area contributed by atoms with Gasteiger partial charge in [0, 0.05) is 0 Å². The van der Waals surface area contributed by atoms with Gasteiger partial charge >= 0.3 is 0 Å². The maximum Gasteiger partial charge on any atom is 0.145 e. The van der Waals surface area contributed by atoms with Crippen molar-refractivity contribution in [3.05, 3.63) is 36.0 Å². The first kappa shape index (κ1) is 8.65. The number of anilines is 1. The van der Waals surface area contributed by atoms with Crippen molar-refractivity contribution in [3.63, 3.8) is 0 Å². The largest absolute Gasteiger partial charge is 0.437 e. The van der Waals surface area contributed by atoms with Gasteiger partial charge < -0.3 is 5.32 Å². The highest BCUT2D eigenvalue weighted by molar-refractivity contribution is 5.88. The van der Waals surface area contributed by atoms with Gasteiger partial charge in [-0.05, 0) is 13.0 Å². The molecule has 2 heteroatoms. The Hall–Kier alpha value is -1.44. The lowest BCUT2D eigenvalue weighted by molar-refractivity contribution is -0.112. The summed E-state index contributed by atoms with van der Waals surface area (Å²) in [7, 11) is 0. The first-order valence-electron chi connectivity index (χ1n) is 3.86. The first-order valence-corrected chi connectivity index (χ1v) is 3.86. The maximum absolute atomic E-state index is 10.7. The van der Waals surface area contributed by atoms with Gasteiger partial charge in [0.05, 0.1) is 0 Å². The number of hydrogen-bond donors (Lipinski definition) is 1. The highest BCUT2D eigenvalue weighted by Gasteiger charge is 1.86. The number of carbonyl (C=O) groups excluding carboxylic acids is 1. The van der Waals surface area contributed by atoms with E-state index in [9.17, 15) is 4.79 Å². The number of nitrogens with one attached hydrogen (secondary N) is 1. The predicted octanol–water partition coefficient (Wildman–Crippen LogP) is 2.31. The number of hydrogen-bond acceptors (Lipinski definition) is 2. The normalized spacial score (nSPS) is 11.3. The average Bonchev–Trinajstić information content (AvgIpc) is 2.37. The predicted molar refractivity (Wildman–Crippen MR) is 50.1 cm³/mol. The molecule has 0 saturated carbocycles. The summed E-state index contributed by atoms with van der Waals surface area (Å²) < 4.78 is 0. The summed E-state index contributed by atoms with van der Waals surface area (Å²) in [4.78, 5) is 10.7. The molecule has 0 fully saturated rings. The second-order valence-corrected chi connectivity index (χ2v) is 2.74. The molecule has 1 rings (SSSR count). The van der Waals surface area contributed by atoms with Crippen molar-refractivity contribution in [2.45, 2.75) is 13.8 Å². The van der Waals surface area contributed by atoms with Gasteiger partial charge in [-0.3, -0.25) is 4.79 Å². The van der Waals surface area contributed by atoms with Crippen LogP contribution in [0.25, 0.3) is 0 Å². The zero-order valence-corrected chi connectivity index (χ0v) is 7.29. The Morgan fingerprint density at radius 3 is 2.42 bits per heavy atom. The zero-order chi connectivity index (χ0) is 8.97. The summed E-state index contributed by atoms with van der Waals surface area (Å²) in [6.45, 7) is 3.41. The molecule has 0 amide bonds. The van der Waals surface area contributed by atoms with Crippen LogP contribution in [0.1, 0.15) is 13.8 Å². The van der Waals surface area contributed by atoms with E-state index in [1.54, 1.807) is 6.08 Å². The molecule has 0 radical (unpaired) electrons. The molecule has 64 valence electrons. The van der Waals surface area contributed by atoms with Crippen LogP contribution in [-0.2, 0) is 4.79 Å². The van der Waals surface area contributed by atoms with Crippen LogP contribution < -0.4 is 5.32 Å². The molecule has 0 saturated heterocycles. The van der Waals surface area contributed by atoms with E-state index in [2.05, 4.69) is 5.32 Å². The van der Waals surface area contributed by atoms with Gasteiger partial charge in [0.2, 0.25) is 0 Å². The number of allylic oxidation sites excluding steroid dienone is 2.